The van der Waals surface area contributed by atoms with Gasteiger partial charge in [0.05, 0.1) is 5.92 Å². The van der Waals surface area contributed by atoms with E-state index in [4.69, 9.17) is 11.6 Å². The van der Waals surface area contributed by atoms with Crippen molar-refractivity contribution in [2.24, 2.45) is 5.92 Å². The predicted molar refractivity (Wildman–Crippen MR) is 96.2 cm³/mol. The third kappa shape index (κ3) is 4.29. The molecule has 1 heterocycles. The highest BCUT2D eigenvalue weighted by molar-refractivity contribution is 6.30. The molecule has 1 aliphatic carbocycles. The van der Waals surface area contributed by atoms with E-state index in [9.17, 15) is 9.59 Å². The maximum Gasteiger partial charge on any atom is 0.227 e. The number of nitrogens with one attached hydrogen (secondary N) is 1. The molecule has 0 bridgehead atoms. The monoisotopic (exact) mass is 348 g/mol. The fourth-order valence-corrected chi connectivity index (χ4v) is 3.80. The molecule has 1 atom stereocenters. The van der Waals surface area contributed by atoms with Crippen molar-refractivity contribution in [1.29, 1.82) is 0 Å². The van der Waals surface area contributed by atoms with Crippen molar-refractivity contribution < 1.29 is 9.59 Å². The summed E-state index contributed by atoms with van der Waals surface area (Å²) in [5, 5.41) is 3.83. The van der Waals surface area contributed by atoms with E-state index in [2.05, 4.69) is 5.32 Å². The largest absolute Gasteiger partial charge is 0.353 e. The fraction of sp³-hybridized carbons (Fsp3) is 0.579. The van der Waals surface area contributed by atoms with E-state index < -0.39 is 0 Å². The minimum Gasteiger partial charge on any atom is -0.353 e. The molecule has 1 saturated carbocycles. The third-order valence-corrected chi connectivity index (χ3v) is 5.34. The molecule has 1 aromatic carbocycles. The molecule has 1 unspecified atom stereocenters. The number of amides is 2. The molecule has 2 amide bonds. The highest BCUT2D eigenvalue weighted by atomic mass is 35.5. The van der Waals surface area contributed by atoms with Crippen LogP contribution in [0, 0.1) is 5.92 Å². The van der Waals surface area contributed by atoms with Gasteiger partial charge in [-0.05, 0) is 37.1 Å². The van der Waals surface area contributed by atoms with E-state index >= 15 is 0 Å². The Kier molecular flexibility index (Phi) is 5.77. The van der Waals surface area contributed by atoms with E-state index in [-0.39, 0.29) is 23.8 Å². The van der Waals surface area contributed by atoms with Gasteiger partial charge in [0, 0.05) is 29.7 Å². The molecule has 0 spiro atoms. The first-order valence-corrected chi connectivity index (χ1v) is 9.37. The average molecular weight is 349 g/mol. The van der Waals surface area contributed by atoms with Crippen molar-refractivity contribution in [1.82, 2.24) is 5.32 Å². The van der Waals surface area contributed by atoms with Crippen LogP contribution in [0.5, 0.6) is 0 Å². The van der Waals surface area contributed by atoms with Gasteiger partial charge < -0.3 is 10.2 Å². The highest BCUT2D eigenvalue weighted by Crippen LogP contribution is 2.27. The summed E-state index contributed by atoms with van der Waals surface area (Å²) in [5.74, 6) is -0.209. The summed E-state index contributed by atoms with van der Waals surface area (Å²) in [6.45, 7) is 0.457. The minimum absolute atomic E-state index is 0.00939. The molecular formula is C19H25ClN2O2. The standard InChI is InChI=1S/C19H25ClN2O2/c20-15-8-10-17(11-9-15)22-13-14(12-18(22)23)19(24)21-16-6-4-2-1-3-5-7-16/h8-11,14,16H,1-7,12-13H2,(H,21,24). The summed E-state index contributed by atoms with van der Waals surface area (Å²) in [6.07, 6.45) is 8.63. The van der Waals surface area contributed by atoms with Crippen LogP contribution in [0.25, 0.3) is 0 Å². The normalized spacial score (nSPS) is 23.0. The SMILES string of the molecule is O=C(NC1CCCCCCC1)C1CC(=O)N(c2ccc(Cl)cc2)C1. The number of hydrogen-bond acceptors (Lipinski definition) is 2. The lowest BCUT2D eigenvalue weighted by molar-refractivity contribution is -0.127. The molecule has 3 rings (SSSR count). The molecule has 1 saturated heterocycles. The molecule has 2 aliphatic rings. The lowest BCUT2D eigenvalue weighted by atomic mass is 9.96. The number of hydrogen-bond donors (Lipinski definition) is 1. The van der Waals surface area contributed by atoms with Crippen LogP contribution in [-0.4, -0.2) is 24.4 Å². The van der Waals surface area contributed by atoms with Crippen LogP contribution in [0.2, 0.25) is 5.02 Å². The number of nitrogens with zero attached hydrogens (tertiary/aromatic N) is 1. The van der Waals surface area contributed by atoms with Crippen LogP contribution < -0.4 is 10.2 Å². The molecule has 0 radical (unpaired) electrons. The quantitative estimate of drug-likeness (QED) is 0.900. The molecule has 130 valence electrons. The third-order valence-electron chi connectivity index (χ3n) is 5.09. The van der Waals surface area contributed by atoms with Gasteiger partial charge >= 0.3 is 0 Å². The summed E-state index contributed by atoms with van der Waals surface area (Å²) < 4.78 is 0. The Morgan fingerprint density at radius 1 is 1.04 bits per heavy atom. The Hall–Kier alpha value is -1.55. The van der Waals surface area contributed by atoms with Gasteiger partial charge in [-0.2, -0.15) is 0 Å². The number of anilines is 1. The van der Waals surface area contributed by atoms with Crippen molar-refractivity contribution in [2.45, 2.75) is 57.4 Å². The second-order valence-corrected chi connectivity index (χ2v) is 7.37. The number of carbonyl (C=O) groups is 2. The van der Waals surface area contributed by atoms with Gasteiger partial charge in [-0.25, -0.2) is 0 Å². The number of halogens is 1. The Morgan fingerprint density at radius 3 is 2.33 bits per heavy atom. The fourth-order valence-electron chi connectivity index (χ4n) is 3.67. The van der Waals surface area contributed by atoms with Gasteiger partial charge in [0.25, 0.3) is 0 Å². The Labute approximate surface area is 148 Å². The summed E-state index contributed by atoms with van der Waals surface area (Å²) in [6, 6.07) is 7.47. The van der Waals surface area contributed by atoms with Crippen LogP contribution in [0.15, 0.2) is 24.3 Å². The maximum atomic E-state index is 12.6. The van der Waals surface area contributed by atoms with Crippen molar-refractivity contribution in [3.63, 3.8) is 0 Å². The highest BCUT2D eigenvalue weighted by Gasteiger charge is 2.35. The Morgan fingerprint density at radius 2 is 1.67 bits per heavy atom. The average Bonchev–Trinajstić information content (AvgIpc) is 2.92. The molecule has 1 aromatic rings. The van der Waals surface area contributed by atoms with E-state index in [1.54, 1.807) is 17.0 Å². The Bertz CT molecular complexity index is 580. The van der Waals surface area contributed by atoms with Crippen molar-refractivity contribution in [3.05, 3.63) is 29.3 Å². The van der Waals surface area contributed by atoms with Gasteiger partial charge in [-0.15, -0.1) is 0 Å². The van der Waals surface area contributed by atoms with E-state index in [1.165, 1.54) is 32.1 Å². The lowest BCUT2D eigenvalue weighted by Gasteiger charge is -2.23. The molecule has 2 fully saturated rings. The van der Waals surface area contributed by atoms with Gasteiger partial charge in [-0.1, -0.05) is 43.7 Å². The van der Waals surface area contributed by atoms with Crippen LogP contribution in [-0.2, 0) is 9.59 Å². The van der Waals surface area contributed by atoms with Gasteiger partial charge in [-0.3, -0.25) is 9.59 Å². The van der Waals surface area contributed by atoms with Crippen LogP contribution in [0.1, 0.15) is 51.4 Å². The molecule has 4 nitrogen and oxygen atoms in total. The molecule has 24 heavy (non-hydrogen) atoms. The maximum absolute atomic E-state index is 12.6. The van der Waals surface area contributed by atoms with Crippen LogP contribution in [0.4, 0.5) is 5.69 Å². The summed E-state index contributed by atoms with van der Waals surface area (Å²) in [5.41, 5.74) is 0.811. The van der Waals surface area contributed by atoms with E-state index in [1.807, 2.05) is 12.1 Å². The lowest BCUT2D eigenvalue weighted by Crippen LogP contribution is -2.40. The van der Waals surface area contributed by atoms with Gasteiger partial charge in [0.15, 0.2) is 0 Å². The Balaban J connectivity index is 1.58. The number of carbonyl (C=O) groups excluding carboxylic acids is 2. The zero-order chi connectivity index (χ0) is 16.9. The zero-order valence-electron chi connectivity index (χ0n) is 14.0. The second-order valence-electron chi connectivity index (χ2n) is 6.93. The first-order chi connectivity index (χ1) is 11.6. The summed E-state index contributed by atoms with van der Waals surface area (Å²) in [4.78, 5) is 26.6. The molecule has 1 aliphatic heterocycles. The van der Waals surface area contributed by atoms with Crippen molar-refractivity contribution >= 4 is 29.1 Å². The first kappa shape index (κ1) is 17.3. The molecule has 5 heteroatoms. The number of benzene rings is 1. The predicted octanol–water partition coefficient (Wildman–Crippen LogP) is 3.92. The van der Waals surface area contributed by atoms with Crippen molar-refractivity contribution in [2.75, 3.05) is 11.4 Å². The van der Waals surface area contributed by atoms with E-state index in [0.717, 1.165) is 18.5 Å². The second kappa shape index (κ2) is 8.02. The molecule has 1 N–H and O–H groups in total. The van der Waals surface area contributed by atoms with Crippen LogP contribution in [0.3, 0.4) is 0 Å². The number of rotatable bonds is 3. The molecular weight excluding hydrogens is 324 g/mol. The smallest absolute Gasteiger partial charge is 0.227 e. The minimum atomic E-state index is -0.251. The molecule has 0 aromatic heterocycles. The summed E-state index contributed by atoms with van der Waals surface area (Å²) in [7, 11) is 0. The first-order valence-electron chi connectivity index (χ1n) is 9.00. The summed E-state index contributed by atoms with van der Waals surface area (Å²) >= 11 is 5.90. The van der Waals surface area contributed by atoms with Gasteiger partial charge in [0.2, 0.25) is 11.8 Å². The zero-order valence-corrected chi connectivity index (χ0v) is 14.7. The topological polar surface area (TPSA) is 49.4 Å². The van der Waals surface area contributed by atoms with E-state index in [0.29, 0.717) is 18.0 Å². The van der Waals surface area contributed by atoms with Crippen molar-refractivity contribution in [3.8, 4) is 0 Å². The van der Waals surface area contributed by atoms with Gasteiger partial charge in [0.1, 0.15) is 0 Å². The van der Waals surface area contributed by atoms with Crippen LogP contribution >= 0.6 is 11.6 Å².